The first-order valence-electron chi connectivity index (χ1n) is 6.96. The summed E-state index contributed by atoms with van der Waals surface area (Å²) in [4.78, 5) is 0. The maximum Gasteiger partial charge on any atom is 0.0166 e. The van der Waals surface area contributed by atoms with E-state index >= 15 is 0 Å². The van der Waals surface area contributed by atoms with Crippen molar-refractivity contribution in [2.45, 2.75) is 58.0 Å². The zero-order valence-electron chi connectivity index (χ0n) is 10.7. The molecule has 4 unspecified atom stereocenters. The molecule has 0 aromatic rings. The molecule has 0 radical (unpaired) electrons. The lowest BCUT2D eigenvalue weighted by molar-refractivity contribution is 0.265. The monoisotopic (exact) mass is 239 g/mol. The lowest BCUT2D eigenvalue weighted by atomic mass is 9.86. The van der Waals surface area contributed by atoms with Crippen molar-refractivity contribution < 1.29 is 0 Å². The van der Waals surface area contributed by atoms with E-state index in [2.05, 4.69) is 30.9 Å². The molecule has 0 amide bonds. The highest BCUT2D eigenvalue weighted by Gasteiger charge is 2.41. The molecule has 16 heavy (non-hydrogen) atoms. The van der Waals surface area contributed by atoms with Crippen LogP contribution >= 0.6 is 11.8 Å². The van der Waals surface area contributed by atoms with Crippen molar-refractivity contribution in [2.24, 2.45) is 17.3 Å². The van der Waals surface area contributed by atoms with E-state index in [1.54, 1.807) is 0 Å². The Hall–Kier alpha value is 0.310. The molecule has 0 spiro atoms. The molecule has 3 fully saturated rings. The quantitative estimate of drug-likeness (QED) is 0.793. The minimum Gasteiger partial charge on any atom is -0.310 e. The van der Waals surface area contributed by atoms with Gasteiger partial charge in [0.1, 0.15) is 0 Å². The second-order valence-corrected chi connectivity index (χ2v) is 8.06. The molecule has 92 valence electrons. The van der Waals surface area contributed by atoms with Crippen molar-refractivity contribution in [1.29, 1.82) is 0 Å². The number of hydrogen-bond acceptors (Lipinski definition) is 2. The fourth-order valence-electron chi connectivity index (χ4n) is 4.12. The van der Waals surface area contributed by atoms with E-state index in [1.807, 2.05) is 0 Å². The smallest absolute Gasteiger partial charge is 0.0166 e. The summed E-state index contributed by atoms with van der Waals surface area (Å²) in [5.41, 5.74) is 0.554. The topological polar surface area (TPSA) is 12.0 Å². The summed E-state index contributed by atoms with van der Waals surface area (Å²) in [6.45, 7) is 4.85. The van der Waals surface area contributed by atoms with Crippen LogP contribution in [0.5, 0.6) is 0 Å². The van der Waals surface area contributed by atoms with Crippen LogP contribution in [0.25, 0.3) is 0 Å². The van der Waals surface area contributed by atoms with Gasteiger partial charge in [-0.1, -0.05) is 20.3 Å². The molecule has 1 heterocycles. The van der Waals surface area contributed by atoms with Crippen molar-refractivity contribution in [3.63, 3.8) is 0 Å². The molecule has 1 saturated heterocycles. The largest absolute Gasteiger partial charge is 0.310 e. The SMILES string of the molecule is CC1(C)CSCC(NC2CC3CCC2C3)C1. The molecular formula is C14H25NS. The Morgan fingerprint density at radius 2 is 2.06 bits per heavy atom. The maximum absolute atomic E-state index is 3.98. The number of thioether (sulfide) groups is 1. The van der Waals surface area contributed by atoms with Crippen LogP contribution < -0.4 is 5.32 Å². The van der Waals surface area contributed by atoms with Crippen molar-refractivity contribution in [3.8, 4) is 0 Å². The summed E-state index contributed by atoms with van der Waals surface area (Å²) in [5.74, 6) is 4.80. The van der Waals surface area contributed by atoms with E-state index in [4.69, 9.17) is 0 Å². The molecule has 0 aromatic carbocycles. The minimum absolute atomic E-state index is 0.554. The first kappa shape index (κ1) is 11.4. The lowest BCUT2D eigenvalue weighted by Crippen LogP contribution is -2.47. The van der Waals surface area contributed by atoms with Crippen molar-refractivity contribution in [3.05, 3.63) is 0 Å². The van der Waals surface area contributed by atoms with Crippen LogP contribution in [-0.2, 0) is 0 Å². The maximum atomic E-state index is 3.98. The molecule has 0 aromatic heterocycles. The summed E-state index contributed by atoms with van der Waals surface area (Å²) >= 11 is 2.15. The van der Waals surface area contributed by atoms with Crippen LogP contribution in [0.4, 0.5) is 0 Å². The Bertz CT molecular complexity index is 263. The van der Waals surface area contributed by atoms with Gasteiger partial charge in [-0.15, -0.1) is 0 Å². The molecule has 2 aliphatic carbocycles. The predicted molar refractivity (Wildman–Crippen MR) is 71.9 cm³/mol. The van der Waals surface area contributed by atoms with Crippen LogP contribution in [0.15, 0.2) is 0 Å². The van der Waals surface area contributed by atoms with E-state index in [-0.39, 0.29) is 0 Å². The van der Waals surface area contributed by atoms with Crippen LogP contribution in [-0.4, -0.2) is 23.6 Å². The highest BCUT2D eigenvalue weighted by molar-refractivity contribution is 7.99. The highest BCUT2D eigenvalue weighted by Crippen LogP contribution is 2.45. The van der Waals surface area contributed by atoms with Gasteiger partial charge in [0.25, 0.3) is 0 Å². The Kier molecular flexibility index (Phi) is 3.00. The first-order chi connectivity index (χ1) is 7.62. The number of hydrogen-bond donors (Lipinski definition) is 1. The third kappa shape index (κ3) is 2.28. The zero-order valence-corrected chi connectivity index (χ0v) is 11.5. The van der Waals surface area contributed by atoms with E-state index in [0.29, 0.717) is 5.41 Å². The van der Waals surface area contributed by atoms with Gasteiger partial charge in [-0.25, -0.2) is 0 Å². The third-order valence-corrected chi connectivity index (χ3v) is 6.42. The van der Waals surface area contributed by atoms with Crippen LogP contribution in [0, 0.1) is 17.3 Å². The Labute approximate surface area is 104 Å². The minimum atomic E-state index is 0.554. The van der Waals surface area contributed by atoms with Crippen LogP contribution in [0.1, 0.15) is 46.0 Å². The highest BCUT2D eigenvalue weighted by atomic mass is 32.2. The van der Waals surface area contributed by atoms with Crippen LogP contribution in [0.2, 0.25) is 0 Å². The van der Waals surface area contributed by atoms with Gasteiger partial charge in [0.05, 0.1) is 0 Å². The normalized spacial score (nSPS) is 46.1. The average Bonchev–Trinajstić information content (AvgIpc) is 2.77. The number of rotatable bonds is 2. The fourth-order valence-corrected chi connectivity index (χ4v) is 5.41. The predicted octanol–water partition coefficient (Wildman–Crippen LogP) is 3.30. The average molecular weight is 239 g/mol. The molecule has 2 saturated carbocycles. The van der Waals surface area contributed by atoms with E-state index in [0.717, 1.165) is 23.9 Å². The van der Waals surface area contributed by atoms with Crippen molar-refractivity contribution in [1.82, 2.24) is 5.32 Å². The van der Waals surface area contributed by atoms with Crippen molar-refractivity contribution in [2.75, 3.05) is 11.5 Å². The fraction of sp³-hybridized carbons (Fsp3) is 1.00. The Balaban J connectivity index is 1.55. The molecule has 3 aliphatic rings. The standard InChI is InChI=1S/C14H25NS/c1-14(2)7-12(8-16-9-14)15-13-6-10-3-4-11(13)5-10/h10-13,15H,3-9H2,1-2H3. The summed E-state index contributed by atoms with van der Waals surface area (Å²) in [6, 6.07) is 1.66. The van der Waals surface area contributed by atoms with Crippen molar-refractivity contribution >= 4 is 11.8 Å². The molecular weight excluding hydrogens is 214 g/mol. The van der Waals surface area contributed by atoms with Gasteiger partial charge < -0.3 is 5.32 Å². The molecule has 2 heteroatoms. The van der Waals surface area contributed by atoms with Gasteiger partial charge >= 0.3 is 0 Å². The molecule has 1 N–H and O–H groups in total. The number of fused-ring (bicyclic) bond motifs is 2. The lowest BCUT2D eigenvalue weighted by Gasteiger charge is -2.38. The Morgan fingerprint density at radius 3 is 2.69 bits per heavy atom. The Morgan fingerprint density at radius 1 is 1.19 bits per heavy atom. The van der Waals surface area contributed by atoms with Gasteiger partial charge in [0.15, 0.2) is 0 Å². The molecule has 2 bridgehead atoms. The third-order valence-electron chi connectivity index (χ3n) is 4.80. The molecule has 4 atom stereocenters. The molecule has 1 aliphatic heterocycles. The van der Waals surface area contributed by atoms with E-state index < -0.39 is 0 Å². The van der Waals surface area contributed by atoms with Gasteiger partial charge in [-0.2, -0.15) is 11.8 Å². The summed E-state index contributed by atoms with van der Waals surface area (Å²) in [7, 11) is 0. The first-order valence-corrected chi connectivity index (χ1v) is 8.12. The van der Waals surface area contributed by atoms with Crippen LogP contribution in [0.3, 0.4) is 0 Å². The van der Waals surface area contributed by atoms with Gasteiger partial charge in [0, 0.05) is 17.8 Å². The number of nitrogens with one attached hydrogen (secondary N) is 1. The van der Waals surface area contributed by atoms with E-state index in [9.17, 15) is 0 Å². The van der Waals surface area contributed by atoms with Gasteiger partial charge in [0.2, 0.25) is 0 Å². The summed E-state index contributed by atoms with van der Waals surface area (Å²) in [5, 5.41) is 3.98. The summed E-state index contributed by atoms with van der Waals surface area (Å²) < 4.78 is 0. The molecule has 1 nitrogen and oxygen atoms in total. The van der Waals surface area contributed by atoms with Gasteiger partial charge in [-0.05, 0) is 48.7 Å². The molecule has 3 rings (SSSR count). The summed E-state index contributed by atoms with van der Waals surface area (Å²) in [6.07, 6.45) is 7.42. The second kappa shape index (κ2) is 4.20. The zero-order chi connectivity index (χ0) is 11.2. The second-order valence-electron chi connectivity index (χ2n) is 7.03. The van der Waals surface area contributed by atoms with Gasteiger partial charge in [-0.3, -0.25) is 0 Å². The van der Waals surface area contributed by atoms with E-state index in [1.165, 1.54) is 43.6 Å².